The minimum atomic E-state index is 0.739. The molecule has 2 heterocycles. The van der Waals surface area contributed by atoms with Gasteiger partial charge in [-0.05, 0) is 51.0 Å². The SMILES string of the molecule is CN1CCCC1CNCCc1c[nH]c2ccccc12. The fraction of sp³-hybridized carbons (Fsp3) is 0.500. The topological polar surface area (TPSA) is 31.1 Å². The van der Waals surface area contributed by atoms with E-state index in [1.54, 1.807) is 0 Å². The molecule has 2 aromatic rings. The molecule has 1 aliphatic rings. The fourth-order valence-electron chi connectivity index (χ4n) is 3.07. The molecule has 102 valence electrons. The molecule has 1 atom stereocenters. The first-order chi connectivity index (χ1) is 9.34. The summed E-state index contributed by atoms with van der Waals surface area (Å²) >= 11 is 0. The molecular weight excluding hydrogens is 234 g/mol. The average molecular weight is 257 g/mol. The van der Waals surface area contributed by atoms with Gasteiger partial charge in [0.15, 0.2) is 0 Å². The van der Waals surface area contributed by atoms with Gasteiger partial charge in [-0.15, -0.1) is 0 Å². The zero-order chi connectivity index (χ0) is 13.1. The van der Waals surface area contributed by atoms with E-state index in [2.05, 4.69) is 52.7 Å². The molecule has 0 spiro atoms. The highest BCUT2D eigenvalue weighted by atomic mass is 15.2. The van der Waals surface area contributed by atoms with E-state index in [4.69, 9.17) is 0 Å². The van der Waals surface area contributed by atoms with Crippen LogP contribution in [0.5, 0.6) is 0 Å². The Balaban J connectivity index is 1.50. The maximum Gasteiger partial charge on any atom is 0.0456 e. The predicted octanol–water partition coefficient (Wildman–Crippen LogP) is 2.39. The van der Waals surface area contributed by atoms with Gasteiger partial charge in [-0.1, -0.05) is 18.2 Å². The summed E-state index contributed by atoms with van der Waals surface area (Å²) in [7, 11) is 2.24. The lowest BCUT2D eigenvalue weighted by molar-refractivity contribution is 0.301. The third-order valence-electron chi connectivity index (χ3n) is 4.30. The third-order valence-corrected chi connectivity index (χ3v) is 4.30. The molecule has 3 nitrogen and oxygen atoms in total. The van der Waals surface area contributed by atoms with Crippen molar-refractivity contribution in [3.8, 4) is 0 Å². The summed E-state index contributed by atoms with van der Waals surface area (Å²) in [6, 6.07) is 9.27. The molecule has 0 radical (unpaired) electrons. The van der Waals surface area contributed by atoms with Crippen molar-refractivity contribution in [3.05, 3.63) is 36.0 Å². The zero-order valence-corrected chi connectivity index (χ0v) is 11.7. The van der Waals surface area contributed by atoms with E-state index in [0.29, 0.717) is 0 Å². The molecule has 3 rings (SSSR count). The van der Waals surface area contributed by atoms with Crippen LogP contribution in [0.25, 0.3) is 10.9 Å². The minimum Gasteiger partial charge on any atom is -0.361 e. The number of fused-ring (bicyclic) bond motifs is 1. The number of likely N-dealkylation sites (N-methyl/N-ethyl adjacent to an activating group) is 1. The lowest BCUT2D eigenvalue weighted by Gasteiger charge is -2.19. The molecule has 0 aliphatic carbocycles. The van der Waals surface area contributed by atoms with Crippen LogP contribution in [0.15, 0.2) is 30.5 Å². The Morgan fingerprint density at radius 3 is 3.11 bits per heavy atom. The summed E-state index contributed by atoms with van der Waals surface area (Å²) in [6.45, 7) is 3.44. The molecule has 0 amide bonds. The van der Waals surface area contributed by atoms with Crippen LogP contribution in [0.1, 0.15) is 18.4 Å². The molecule has 1 unspecified atom stereocenters. The van der Waals surface area contributed by atoms with Gasteiger partial charge in [0.1, 0.15) is 0 Å². The Morgan fingerprint density at radius 2 is 2.26 bits per heavy atom. The standard InChI is InChI=1S/C16H23N3/c1-19-10-4-5-14(19)12-17-9-8-13-11-18-16-7-3-2-6-15(13)16/h2-3,6-7,11,14,17-18H,4-5,8-10,12H2,1H3. The largest absolute Gasteiger partial charge is 0.361 e. The van der Waals surface area contributed by atoms with Crippen molar-refractivity contribution in [2.45, 2.75) is 25.3 Å². The first-order valence-corrected chi connectivity index (χ1v) is 7.30. The smallest absolute Gasteiger partial charge is 0.0456 e. The lowest BCUT2D eigenvalue weighted by atomic mass is 10.1. The number of aromatic amines is 1. The van der Waals surface area contributed by atoms with Gasteiger partial charge in [0.25, 0.3) is 0 Å². The number of benzene rings is 1. The van der Waals surface area contributed by atoms with Crippen LogP contribution in [0.4, 0.5) is 0 Å². The molecule has 19 heavy (non-hydrogen) atoms. The molecule has 1 saturated heterocycles. The first kappa shape index (κ1) is 12.7. The van der Waals surface area contributed by atoms with Crippen molar-refractivity contribution in [1.29, 1.82) is 0 Å². The first-order valence-electron chi connectivity index (χ1n) is 7.30. The quantitative estimate of drug-likeness (QED) is 0.806. The van der Waals surface area contributed by atoms with Gasteiger partial charge >= 0.3 is 0 Å². The molecule has 0 saturated carbocycles. The molecule has 1 aromatic carbocycles. The van der Waals surface area contributed by atoms with Gasteiger partial charge in [0.2, 0.25) is 0 Å². The Hall–Kier alpha value is -1.32. The fourth-order valence-corrected chi connectivity index (χ4v) is 3.07. The van der Waals surface area contributed by atoms with Crippen LogP contribution in [0.3, 0.4) is 0 Å². The Bertz CT molecular complexity index is 532. The van der Waals surface area contributed by atoms with Gasteiger partial charge < -0.3 is 15.2 Å². The van der Waals surface area contributed by atoms with E-state index < -0.39 is 0 Å². The highest BCUT2D eigenvalue weighted by molar-refractivity contribution is 5.83. The molecule has 1 fully saturated rings. The number of aromatic nitrogens is 1. The summed E-state index contributed by atoms with van der Waals surface area (Å²) in [6.07, 6.45) is 5.94. The summed E-state index contributed by atoms with van der Waals surface area (Å²) in [5, 5.41) is 4.97. The zero-order valence-electron chi connectivity index (χ0n) is 11.7. The van der Waals surface area contributed by atoms with E-state index in [0.717, 1.165) is 25.6 Å². The second-order valence-corrected chi connectivity index (χ2v) is 5.59. The number of H-pyrrole nitrogens is 1. The molecule has 1 aromatic heterocycles. The van der Waals surface area contributed by atoms with Gasteiger partial charge in [0.05, 0.1) is 0 Å². The number of para-hydroxylation sites is 1. The van der Waals surface area contributed by atoms with Crippen LogP contribution in [0, 0.1) is 0 Å². The monoisotopic (exact) mass is 257 g/mol. The number of nitrogens with zero attached hydrogens (tertiary/aromatic N) is 1. The second kappa shape index (κ2) is 5.76. The van der Waals surface area contributed by atoms with Crippen LogP contribution in [-0.2, 0) is 6.42 Å². The predicted molar refractivity (Wildman–Crippen MR) is 80.5 cm³/mol. The summed E-state index contributed by atoms with van der Waals surface area (Å²) in [5.74, 6) is 0. The molecule has 3 heteroatoms. The third kappa shape index (κ3) is 2.82. The van der Waals surface area contributed by atoms with E-state index >= 15 is 0 Å². The highest BCUT2D eigenvalue weighted by Gasteiger charge is 2.19. The van der Waals surface area contributed by atoms with E-state index in [9.17, 15) is 0 Å². The highest BCUT2D eigenvalue weighted by Crippen LogP contribution is 2.18. The Kier molecular flexibility index (Phi) is 3.85. The van der Waals surface area contributed by atoms with Gasteiger partial charge in [-0.25, -0.2) is 0 Å². The second-order valence-electron chi connectivity index (χ2n) is 5.59. The number of likely N-dealkylation sites (tertiary alicyclic amines) is 1. The molecule has 2 N–H and O–H groups in total. The van der Waals surface area contributed by atoms with E-state index in [1.807, 2.05) is 0 Å². The van der Waals surface area contributed by atoms with Crippen molar-refractivity contribution in [3.63, 3.8) is 0 Å². The number of hydrogen-bond acceptors (Lipinski definition) is 2. The van der Waals surface area contributed by atoms with Gasteiger partial charge in [-0.2, -0.15) is 0 Å². The average Bonchev–Trinajstić information content (AvgIpc) is 3.02. The molecule has 0 bridgehead atoms. The number of rotatable bonds is 5. The van der Waals surface area contributed by atoms with Crippen molar-refractivity contribution in [2.24, 2.45) is 0 Å². The van der Waals surface area contributed by atoms with Crippen molar-refractivity contribution >= 4 is 10.9 Å². The Labute approximate surface area is 115 Å². The van der Waals surface area contributed by atoms with Crippen LogP contribution < -0.4 is 5.32 Å². The van der Waals surface area contributed by atoms with Crippen molar-refractivity contribution in [2.75, 3.05) is 26.7 Å². The van der Waals surface area contributed by atoms with E-state index in [1.165, 1.54) is 35.9 Å². The Morgan fingerprint density at radius 1 is 1.37 bits per heavy atom. The maximum absolute atomic E-state index is 3.61. The van der Waals surface area contributed by atoms with Crippen molar-refractivity contribution < 1.29 is 0 Å². The lowest BCUT2D eigenvalue weighted by Crippen LogP contribution is -2.36. The van der Waals surface area contributed by atoms with E-state index in [-0.39, 0.29) is 0 Å². The van der Waals surface area contributed by atoms with Gasteiger partial charge in [0, 0.05) is 29.7 Å². The molecule has 1 aliphatic heterocycles. The normalized spacial score (nSPS) is 20.4. The van der Waals surface area contributed by atoms with Gasteiger partial charge in [-0.3, -0.25) is 0 Å². The van der Waals surface area contributed by atoms with Crippen LogP contribution in [-0.4, -0.2) is 42.6 Å². The summed E-state index contributed by atoms with van der Waals surface area (Å²) in [4.78, 5) is 5.81. The minimum absolute atomic E-state index is 0.739. The summed E-state index contributed by atoms with van der Waals surface area (Å²) < 4.78 is 0. The van der Waals surface area contributed by atoms with Crippen LogP contribution >= 0.6 is 0 Å². The van der Waals surface area contributed by atoms with Crippen molar-refractivity contribution in [1.82, 2.24) is 15.2 Å². The van der Waals surface area contributed by atoms with Crippen LogP contribution in [0.2, 0.25) is 0 Å². The number of nitrogens with one attached hydrogen (secondary N) is 2. The molecular formula is C16H23N3. The maximum atomic E-state index is 3.61. The summed E-state index contributed by atoms with van der Waals surface area (Å²) in [5.41, 5.74) is 2.66. The number of hydrogen-bond donors (Lipinski definition) is 2.